The molecule has 1 unspecified atom stereocenters. The second kappa shape index (κ2) is 6.56. The minimum atomic E-state index is -3.63. The standard InChI is InChI=1S/C15H19FN2O2S/c1-12-4-3-9-18(11-12)21(19,20)14-7-6-13(5-2-8-17)15(16)10-14/h6-7,10,12H,3-4,8-9,11,17H2,1H3. The van der Waals surface area contributed by atoms with Crippen molar-refractivity contribution >= 4 is 10.0 Å². The van der Waals surface area contributed by atoms with Crippen LogP contribution in [0.3, 0.4) is 0 Å². The van der Waals surface area contributed by atoms with E-state index in [2.05, 4.69) is 11.8 Å². The number of rotatable bonds is 2. The number of sulfonamides is 1. The van der Waals surface area contributed by atoms with Gasteiger partial charge in [0.25, 0.3) is 0 Å². The summed E-state index contributed by atoms with van der Waals surface area (Å²) in [6.45, 7) is 3.13. The molecule has 1 fully saturated rings. The average molecular weight is 310 g/mol. The first kappa shape index (κ1) is 16.0. The summed E-state index contributed by atoms with van der Waals surface area (Å²) in [5, 5.41) is 0. The number of halogens is 1. The van der Waals surface area contributed by atoms with Gasteiger partial charge < -0.3 is 5.73 Å². The van der Waals surface area contributed by atoms with E-state index in [4.69, 9.17) is 5.73 Å². The van der Waals surface area contributed by atoms with Gasteiger partial charge in [-0.05, 0) is 37.0 Å². The van der Waals surface area contributed by atoms with Crippen molar-refractivity contribution in [1.29, 1.82) is 0 Å². The van der Waals surface area contributed by atoms with E-state index < -0.39 is 15.8 Å². The number of nitrogens with two attached hydrogens (primary N) is 1. The molecule has 1 aromatic carbocycles. The minimum absolute atomic E-state index is 0.0209. The van der Waals surface area contributed by atoms with Gasteiger partial charge in [-0.25, -0.2) is 12.8 Å². The third-order valence-electron chi connectivity index (χ3n) is 3.52. The van der Waals surface area contributed by atoms with Gasteiger partial charge in [-0.3, -0.25) is 0 Å². The van der Waals surface area contributed by atoms with E-state index in [1.54, 1.807) is 0 Å². The van der Waals surface area contributed by atoms with Crippen LogP contribution in [-0.2, 0) is 10.0 Å². The highest BCUT2D eigenvalue weighted by molar-refractivity contribution is 7.89. The molecular weight excluding hydrogens is 291 g/mol. The largest absolute Gasteiger partial charge is 0.320 e. The molecule has 0 bridgehead atoms. The van der Waals surface area contributed by atoms with E-state index in [1.807, 2.05) is 6.92 Å². The summed E-state index contributed by atoms with van der Waals surface area (Å²) in [4.78, 5) is -0.0209. The predicted molar refractivity (Wildman–Crippen MR) is 79.5 cm³/mol. The molecule has 4 nitrogen and oxygen atoms in total. The molecule has 1 atom stereocenters. The van der Waals surface area contributed by atoms with Crippen LogP contribution >= 0.6 is 0 Å². The summed E-state index contributed by atoms with van der Waals surface area (Å²) in [7, 11) is -3.63. The molecule has 2 rings (SSSR count). The molecule has 0 spiro atoms. The SMILES string of the molecule is CC1CCCN(S(=O)(=O)c2ccc(C#CCN)c(F)c2)C1. The zero-order chi connectivity index (χ0) is 15.5. The smallest absolute Gasteiger partial charge is 0.243 e. The Bertz CT molecular complexity index is 677. The molecule has 1 aliphatic heterocycles. The van der Waals surface area contributed by atoms with Gasteiger partial charge >= 0.3 is 0 Å². The van der Waals surface area contributed by atoms with Crippen LogP contribution in [0.25, 0.3) is 0 Å². The lowest BCUT2D eigenvalue weighted by Crippen LogP contribution is -2.39. The third kappa shape index (κ3) is 3.62. The van der Waals surface area contributed by atoms with Crippen LogP contribution in [-0.4, -0.2) is 32.4 Å². The summed E-state index contributed by atoms with van der Waals surface area (Å²) in [6.07, 6.45) is 1.86. The van der Waals surface area contributed by atoms with Crippen molar-refractivity contribution in [3.8, 4) is 11.8 Å². The second-order valence-electron chi connectivity index (χ2n) is 5.26. The van der Waals surface area contributed by atoms with Crippen LogP contribution in [0.4, 0.5) is 4.39 Å². The highest BCUT2D eigenvalue weighted by Gasteiger charge is 2.29. The Morgan fingerprint density at radius 2 is 2.24 bits per heavy atom. The molecule has 1 aliphatic rings. The fourth-order valence-electron chi connectivity index (χ4n) is 2.42. The Morgan fingerprint density at radius 3 is 2.86 bits per heavy atom. The van der Waals surface area contributed by atoms with Gasteiger partial charge in [0, 0.05) is 13.1 Å². The first-order valence-corrected chi connectivity index (χ1v) is 8.38. The Labute approximate surface area is 125 Å². The van der Waals surface area contributed by atoms with Crippen molar-refractivity contribution in [2.75, 3.05) is 19.6 Å². The summed E-state index contributed by atoms with van der Waals surface area (Å²) in [5.41, 5.74) is 5.40. The lowest BCUT2D eigenvalue weighted by Gasteiger charge is -2.30. The van der Waals surface area contributed by atoms with Gasteiger partial charge in [0.2, 0.25) is 10.0 Å². The van der Waals surface area contributed by atoms with Crippen LogP contribution in [0.2, 0.25) is 0 Å². The zero-order valence-electron chi connectivity index (χ0n) is 12.0. The van der Waals surface area contributed by atoms with Gasteiger partial charge in [0.05, 0.1) is 17.0 Å². The fourth-order valence-corrected chi connectivity index (χ4v) is 4.03. The Kier molecular flexibility index (Phi) is 4.99. The van der Waals surface area contributed by atoms with E-state index >= 15 is 0 Å². The van der Waals surface area contributed by atoms with E-state index in [1.165, 1.54) is 16.4 Å². The van der Waals surface area contributed by atoms with Gasteiger partial charge in [-0.2, -0.15) is 4.31 Å². The predicted octanol–water partition coefficient (Wildman–Crippen LogP) is 1.56. The lowest BCUT2D eigenvalue weighted by atomic mass is 10.0. The Hall–Kier alpha value is -1.42. The Morgan fingerprint density at radius 1 is 1.48 bits per heavy atom. The molecule has 21 heavy (non-hydrogen) atoms. The average Bonchev–Trinajstić information content (AvgIpc) is 2.46. The molecule has 2 N–H and O–H groups in total. The Balaban J connectivity index is 2.30. The molecule has 0 radical (unpaired) electrons. The van der Waals surface area contributed by atoms with Crippen LogP contribution in [0.15, 0.2) is 23.1 Å². The number of hydrogen-bond donors (Lipinski definition) is 1. The van der Waals surface area contributed by atoms with Gasteiger partial charge in [-0.15, -0.1) is 0 Å². The van der Waals surface area contributed by atoms with Crippen molar-refractivity contribution < 1.29 is 12.8 Å². The number of hydrogen-bond acceptors (Lipinski definition) is 3. The summed E-state index contributed by atoms with van der Waals surface area (Å²) in [5.74, 6) is 4.82. The van der Waals surface area contributed by atoms with Crippen LogP contribution in [0, 0.1) is 23.6 Å². The van der Waals surface area contributed by atoms with Gasteiger partial charge in [-0.1, -0.05) is 18.8 Å². The fraction of sp³-hybridized carbons (Fsp3) is 0.467. The molecular formula is C15H19FN2O2S. The molecule has 0 aromatic heterocycles. The highest BCUT2D eigenvalue weighted by atomic mass is 32.2. The maximum Gasteiger partial charge on any atom is 0.243 e. The first-order chi connectivity index (χ1) is 9.95. The summed E-state index contributed by atoms with van der Waals surface area (Å²) in [6, 6.07) is 3.83. The van der Waals surface area contributed by atoms with E-state index in [9.17, 15) is 12.8 Å². The quantitative estimate of drug-likeness (QED) is 0.843. The highest BCUT2D eigenvalue weighted by Crippen LogP contribution is 2.24. The maximum atomic E-state index is 13.9. The number of piperidine rings is 1. The van der Waals surface area contributed by atoms with Crippen molar-refractivity contribution in [2.45, 2.75) is 24.7 Å². The van der Waals surface area contributed by atoms with Crippen LogP contribution < -0.4 is 5.73 Å². The molecule has 0 saturated carbocycles. The van der Waals surface area contributed by atoms with Crippen LogP contribution in [0.5, 0.6) is 0 Å². The van der Waals surface area contributed by atoms with Crippen molar-refractivity contribution in [3.05, 3.63) is 29.6 Å². The van der Waals surface area contributed by atoms with E-state index in [0.717, 1.165) is 18.9 Å². The normalized spacial score (nSPS) is 19.9. The van der Waals surface area contributed by atoms with Gasteiger partial charge in [0.1, 0.15) is 5.82 Å². The van der Waals surface area contributed by atoms with Crippen molar-refractivity contribution in [2.24, 2.45) is 11.7 Å². The van der Waals surface area contributed by atoms with Gasteiger partial charge in [0.15, 0.2) is 0 Å². The summed E-state index contributed by atoms with van der Waals surface area (Å²) < 4.78 is 40.4. The van der Waals surface area contributed by atoms with Crippen LogP contribution in [0.1, 0.15) is 25.3 Å². The lowest BCUT2D eigenvalue weighted by molar-refractivity contribution is 0.281. The van der Waals surface area contributed by atoms with E-state index in [-0.39, 0.29) is 17.0 Å². The zero-order valence-corrected chi connectivity index (χ0v) is 12.8. The molecule has 0 amide bonds. The third-order valence-corrected chi connectivity index (χ3v) is 5.38. The minimum Gasteiger partial charge on any atom is -0.320 e. The second-order valence-corrected chi connectivity index (χ2v) is 7.20. The molecule has 0 aliphatic carbocycles. The topological polar surface area (TPSA) is 63.4 Å². The molecule has 1 aromatic rings. The molecule has 114 valence electrons. The maximum absolute atomic E-state index is 13.9. The van der Waals surface area contributed by atoms with E-state index in [0.29, 0.717) is 19.0 Å². The summed E-state index contributed by atoms with van der Waals surface area (Å²) >= 11 is 0. The number of benzene rings is 1. The van der Waals surface area contributed by atoms with Crippen molar-refractivity contribution in [1.82, 2.24) is 4.31 Å². The molecule has 1 saturated heterocycles. The van der Waals surface area contributed by atoms with Crippen molar-refractivity contribution in [3.63, 3.8) is 0 Å². The monoisotopic (exact) mass is 310 g/mol. The first-order valence-electron chi connectivity index (χ1n) is 6.94. The number of nitrogens with zero attached hydrogens (tertiary/aromatic N) is 1. The molecule has 6 heteroatoms. The molecule has 1 heterocycles.